The minimum atomic E-state index is -4.35. The van der Waals surface area contributed by atoms with Crippen molar-refractivity contribution in [2.75, 3.05) is 43.4 Å². The summed E-state index contributed by atoms with van der Waals surface area (Å²) in [5, 5.41) is 3.00. The molecule has 2 aliphatic rings. The average molecular weight is 405 g/mol. The molecule has 0 unspecified atom stereocenters. The van der Waals surface area contributed by atoms with E-state index in [0.717, 1.165) is 32.3 Å². The molecule has 2 aromatic heterocycles. The minimum Gasteiger partial charge on any atom is -0.422 e. The lowest BCUT2D eigenvalue weighted by atomic mass is 10.0. The zero-order chi connectivity index (χ0) is 20.4. The largest absolute Gasteiger partial charge is 0.422 e. The topological polar surface area (TPSA) is 57.4 Å². The first-order valence-electron chi connectivity index (χ1n) is 9.50. The number of likely N-dealkylation sites (N-methyl/N-ethyl adjacent to an activating group) is 1. The molecule has 0 atom stereocenters. The summed E-state index contributed by atoms with van der Waals surface area (Å²) < 4.78 is 44.7. The third-order valence-corrected chi connectivity index (χ3v) is 4.99. The second-order valence-electron chi connectivity index (χ2n) is 7.20. The molecule has 1 N–H and O–H groups in total. The molecule has 154 valence electrons. The van der Waals surface area contributed by atoms with Crippen LogP contribution in [0.2, 0.25) is 0 Å². The van der Waals surface area contributed by atoms with Gasteiger partial charge in [-0.1, -0.05) is 12.1 Å². The molecule has 2 aromatic rings. The molecule has 3 heterocycles. The van der Waals surface area contributed by atoms with E-state index in [9.17, 15) is 13.2 Å². The lowest BCUT2D eigenvalue weighted by Crippen LogP contribution is -2.44. The number of nitrogens with one attached hydrogen (secondary N) is 1. The van der Waals surface area contributed by atoms with Crippen LogP contribution in [0.1, 0.15) is 12.8 Å². The van der Waals surface area contributed by atoms with Crippen LogP contribution in [0.4, 0.5) is 25.0 Å². The predicted octanol–water partition coefficient (Wildman–Crippen LogP) is 4.07. The van der Waals surface area contributed by atoms with Gasteiger partial charge < -0.3 is 19.5 Å². The Morgan fingerprint density at radius 2 is 1.93 bits per heavy atom. The maximum absolute atomic E-state index is 12.9. The van der Waals surface area contributed by atoms with E-state index in [1.54, 1.807) is 24.4 Å². The molecule has 1 saturated heterocycles. The fourth-order valence-electron chi connectivity index (χ4n) is 3.33. The van der Waals surface area contributed by atoms with Gasteiger partial charge in [0.2, 0.25) is 0 Å². The standard InChI is InChI=1S/C20H22F3N5O/c1-27-8-10-28(11-9-27)19-24-13-17(29-19)16-6-3-7-18(26-16)25-15-5-2-4-14(12-15)20(21,22)23/h3-4,6-7,12-13H,2,5,8-11H2,1H3,(H,25,26). The van der Waals surface area contributed by atoms with Gasteiger partial charge in [-0.15, -0.1) is 0 Å². The molecular formula is C20H22F3N5O. The van der Waals surface area contributed by atoms with Gasteiger partial charge in [-0.05, 0) is 38.1 Å². The van der Waals surface area contributed by atoms with Crippen molar-refractivity contribution in [2.45, 2.75) is 19.0 Å². The van der Waals surface area contributed by atoms with Crippen LogP contribution in [-0.4, -0.2) is 54.3 Å². The maximum Gasteiger partial charge on any atom is 0.416 e. The van der Waals surface area contributed by atoms with E-state index in [-0.39, 0.29) is 0 Å². The number of piperazine rings is 1. The van der Waals surface area contributed by atoms with Crippen LogP contribution < -0.4 is 10.2 Å². The second-order valence-corrected chi connectivity index (χ2v) is 7.20. The SMILES string of the molecule is CN1CCN(c2ncc(-c3cccc(NC4=CC(C(F)(F)F)=CCC4)n3)o2)CC1. The van der Waals surface area contributed by atoms with Crippen molar-refractivity contribution in [3.05, 3.63) is 47.8 Å². The lowest BCUT2D eigenvalue weighted by molar-refractivity contribution is -0.0887. The van der Waals surface area contributed by atoms with Gasteiger partial charge in [0.05, 0.1) is 11.8 Å². The molecular weight excluding hydrogens is 383 g/mol. The van der Waals surface area contributed by atoms with Crippen LogP contribution >= 0.6 is 0 Å². The van der Waals surface area contributed by atoms with Gasteiger partial charge in [-0.3, -0.25) is 0 Å². The van der Waals surface area contributed by atoms with Gasteiger partial charge in [-0.2, -0.15) is 13.2 Å². The van der Waals surface area contributed by atoms with E-state index in [4.69, 9.17) is 4.42 Å². The predicted molar refractivity (Wildman–Crippen MR) is 105 cm³/mol. The minimum absolute atomic E-state index is 0.337. The van der Waals surface area contributed by atoms with E-state index in [0.29, 0.717) is 41.8 Å². The number of hydrogen-bond donors (Lipinski definition) is 1. The Labute approximate surface area is 166 Å². The molecule has 0 amide bonds. The third kappa shape index (κ3) is 4.61. The summed E-state index contributed by atoms with van der Waals surface area (Å²) >= 11 is 0. The molecule has 29 heavy (non-hydrogen) atoms. The first-order chi connectivity index (χ1) is 13.9. The average Bonchev–Trinajstić information content (AvgIpc) is 3.19. The summed E-state index contributed by atoms with van der Waals surface area (Å²) in [6, 6.07) is 5.85. The van der Waals surface area contributed by atoms with Crippen molar-refractivity contribution < 1.29 is 17.6 Å². The number of rotatable bonds is 4. The zero-order valence-corrected chi connectivity index (χ0v) is 16.0. The van der Waals surface area contributed by atoms with Gasteiger partial charge in [-0.25, -0.2) is 9.97 Å². The number of hydrogen-bond acceptors (Lipinski definition) is 6. The summed E-state index contributed by atoms with van der Waals surface area (Å²) in [6.07, 6.45) is 0.471. The van der Waals surface area contributed by atoms with Crippen molar-refractivity contribution in [1.29, 1.82) is 0 Å². The summed E-state index contributed by atoms with van der Waals surface area (Å²) in [5.74, 6) is 0.991. The van der Waals surface area contributed by atoms with Gasteiger partial charge in [0.1, 0.15) is 11.5 Å². The Kier molecular flexibility index (Phi) is 5.31. The van der Waals surface area contributed by atoms with E-state index < -0.39 is 11.7 Å². The fourth-order valence-corrected chi connectivity index (χ4v) is 3.33. The van der Waals surface area contributed by atoms with Crippen molar-refractivity contribution in [3.63, 3.8) is 0 Å². The van der Waals surface area contributed by atoms with Crippen LogP contribution in [0, 0.1) is 0 Å². The van der Waals surface area contributed by atoms with Gasteiger partial charge in [0, 0.05) is 31.9 Å². The quantitative estimate of drug-likeness (QED) is 0.828. The monoisotopic (exact) mass is 405 g/mol. The molecule has 0 saturated carbocycles. The molecule has 0 spiro atoms. The second kappa shape index (κ2) is 7.90. The van der Waals surface area contributed by atoms with E-state index >= 15 is 0 Å². The van der Waals surface area contributed by atoms with E-state index in [2.05, 4.69) is 32.1 Å². The van der Waals surface area contributed by atoms with Crippen molar-refractivity contribution >= 4 is 11.8 Å². The molecule has 1 aliphatic heterocycles. The number of halogens is 3. The van der Waals surface area contributed by atoms with Crippen LogP contribution in [0.5, 0.6) is 0 Å². The van der Waals surface area contributed by atoms with Crippen LogP contribution in [-0.2, 0) is 0 Å². The van der Waals surface area contributed by atoms with Gasteiger partial charge >= 0.3 is 6.18 Å². The van der Waals surface area contributed by atoms with Crippen molar-refractivity contribution in [3.8, 4) is 11.5 Å². The van der Waals surface area contributed by atoms with Crippen molar-refractivity contribution in [1.82, 2.24) is 14.9 Å². The van der Waals surface area contributed by atoms with Crippen LogP contribution in [0.15, 0.2) is 52.2 Å². The number of oxazole rings is 1. The highest BCUT2D eigenvalue weighted by atomic mass is 19.4. The Morgan fingerprint density at radius 3 is 2.69 bits per heavy atom. The maximum atomic E-state index is 12.9. The normalized spacial score (nSPS) is 18.4. The molecule has 1 aliphatic carbocycles. The highest BCUT2D eigenvalue weighted by Gasteiger charge is 2.33. The summed E-state index contributed by atoms with van der Waals surface area (Å²) in [4.78, 5) is 13.2. The summed E-state index contributed by atoms with van der Waals surface area (Å²) in [7, 11) is 2.08. The Morgan fingerprint density at radius 1 is 1.14 bits per heavy atom. The number of aromatic nitrogens is 2. The molecule has 0 bridgehead atoms. The molecule has 9 heteroatoms. The number of anilines is 2. The smallest absolute Gasteiger partial charge is 0.416 e. The highest BCUT2D eigenvalue weighted by Crippen LogP contribution is 2.32. The number of allylic oxidation sites excluding steroid dienone is 4. The summed E-state index contributed by atoms with van der Waals surface area (Å²) in [5.41, 5.74) is 0.431. The summed E-state index contributed by atoms with van der Waals surface area (Å²) in [6.45, 7) is 3.57. The molecule has 1 fully saturated rings. The Hall–Kier alpha value is -2.81. The van der Waals surface area contributed by atoms with E-state index in [1.807, 2.05) is 0 Å². The number of pyridine rings is 1. The number of alkyl halides is 3. The van der Waals surface area contributed by atoms with Gasteiger partial charge in [0.15, 0.2) is 5.76 Å². The number of nitrogens with zero attached hydrogens (tertiary/aromatic N) is 4. The highest BCUT2D eigenvalue weighted by molar-refractivity contribution is 5.57. The fraction of sp³-hybridized carbons (Fsp3) is 0.400. The first-order valence-corrected chi connectivity index (χ1v) is 9.50. The molecule has 6 nitrogen and oxygen atoms in total. The van der Waals surface area contributed by atoms with E-state index in [1.165, 1.54) is 6.08 Å². The zero-order valence-electron chi connectivity index (χ0n) is 16.0. The lowest BCUT2D eigenvalue weighted by Gasteiger charge is -2.31. The first kappa shape index (κ1) is 19.5. The van der Waals surface area contributed by atoms with Crippen molar-refractivity contribution in [2.24, 2.45) is 0 Å². The third-order valence-electron chi connectivity index (χ3n) is 4.99. The molecule has 0 radical (unpaired) electrons. The van der Waals surface area contributed by atoms with Gasteiger partial charge in [0.25, 0.3) is 6.01 Å². The molecule has 0 aromatic carbocycles. The molecule has 4 rings (SSSR count). The van der Waals surface area contributed by atoms with Crippen LogP contribution in [0.25, 0.3) is 11.5 Å². The Bertz CT molecular complexity index is 926. The van der Waals surface area contributed by atoms with Crippen LogP contribution in [0.3, 0.4) is 0 Å². The Balaban J connectivity index is 1.48.